The third kappa shape index (κ3) is 3.90. The van der Waals surface area contributed by atoms with Crippen molar-refractivity contribution in [2.24, 2.45) is 7.05 Å². The summed E-state index contributed by atoms with van der Waals surface area (Å²) in [4.78, 5) is 15.9. The number of aromatic nitrogens is 2. The first kappa shape index (κ1) is 20.4. The van der Waals surface area contributed by atoms with Gasteiger partial charge in [0.05, 0.1) is 6.20 Å². The van der Waals surface area contributed by atoms with Crippen LogP contribution in [-0.4, -0.2) is 39.7 Å². The van der Waals surface area contributed by atoms with E-state index in [0.29, 0.717) is 6.54 Å². The lowest BCUT2D eigenvalue weighted by Gasteiger charge is -2.37. The van der Waals surface area contributed by atoms with E-state index < -0.39 is 5.54 Å². The molecule has 30 heavy (non-hydrogen) atoms. The monoisotopic (exact) mass is 402 g/mol. The maximum absolute atomic E-state index is 13.6. The van der Waals surface area contributed by atoms with Gasteiger partial charge >= 0.3 is 0 Å². The molecule has 3 aromatic rings. The van der Waals surface area contributed by atoms with Gasteiger partial charge in [-0.2, -0.15) is 5.10 Å². The summed E-state index contributed by atoms with van der Waals surface area (Å²) >= 11 is 0. The minimum absolute atomic E-state index is 0.0949. The quantitative estimate of drug-likeness (QED) is 0.661. The van der Waals surface area contributed by atoms with Gasteiger partial charge in [0, 0.05) is 44.2 Å². The largest absolute Gasteiger partial charge is 0.350 e. The number of nitrogens with one attached hydrogen (secondary N) is 1. The first-order valence-electron chi connectivity index (χ1n) is 10.6. The van der Waals surface area contributed by atoms with Crippen LogP contribution in [0.4, 0.5) is 0 Å². The van der Waals surface area contributed by atoms with Crippen LogP contribution in [0.15, 0.2) is 60.8 Å². The number of benzene rings is 2. The number of likely N-dealkylation sites (N-methyl/N-ethyl adjacent to an activating group) is 1. The van der Waals surface area contributed by atoms with Crippen LogP contribution in [-0.2, 0) is 37.6 Å². The Bertz CT molecular complexity index is 1000. The predicted molar refractivity (Wildman–Crippen MR) is 119 cm³/mol. The van der Waals surface area contributed by atoms with Crippen LogP contribution in [0.25, 0.3) is 0 Å². The Morgan fingerprint density at radius 2 is 1.73 bits per heavy atom. The molecule has 1 aliphatic carbocycles. The molecule has 5 nitrogen and oxygen atoms in total. The predicted octanol–water partition coefficient (Wildman–Crippen LogP) is 3.06. The van der Waals surface area contributed by atoms with Crippen LogP contribution in [0, 0.1) is 6.92 Å². The molecule has 5 heteroatoms. The fourth-order valence-electron chi connectivity index (χ4n) is 4.41. The number of fused-ring (bicyclic) bond motifs is 1. The zero-order valence-corrected chi connectivity index (χ0v) is 18.1. The summed E-state index contributed by atoms with van der Waals surface area (Å²) in [5.41, 5.74) is 5.42. The molecule has 2 aromatic carbocycles. The highest BCUT2D eigenvalue weighted by Gasteiger charge is 2.46. The van der Waals surface area contributed by atoms with Crippen molar-refractivity contribution in [3.63, 3.8) is 0 Å². The molecule has 0 unspecified atom stereocenters. The summed E-state index contributed by atoms with van der Waals surface area (Å²) in [5.74, 6) is 0.0949. The summed E-state index contributed by atoms with van der Waals surface area (Å²) in [6.07, 6.45) is 4.24. The van der Waals surface area contributed by atoms with E-state index in [0.717, 1.165) is 37.1 Å². The van der Waals surface area contributed by atoms with Gasteiger partial charge in [-0.25, -0.2) is 0 Å². The average Bonchev–Trinajstić information content (AvgIpc) is 3.32. The van der Waals surface area contributed by atoms with Gasteiger partial charge in [0.15, 0.2) is 0 Å². The lowest BCUT2D eigenvalue weighted by Crippen LogP contribution is -2.58. The van der Waals surface area contributed by atoms with E-state index in [1.807, 2.05) is 30.9 Å². The van der Waals surface area contributed by atoms with Gasteiger partial charge in [-0.05, 0) is 37.1 Å². The van der Waals surface area contributed by atoms with Crippen LogP contribution < -0.4 is 5.32 Å². The third-order valence-electron chi connectivity index (χ3n) is 6.59. The number of carbonyl (C=O) groups is 1. The maximum atomic E-state index is 13.6. The highest BCUT2D eigenvalue weighted by atomic mass is 16.2. The Labute approximate surface area is 178 Å². The number of hydrogen-bond acceptors (Lipinski definition) is 3. The number of carbonyl (C=O) groups excluding carboxylic acids is 1. The molecule has 1 amide bonds. The normalized spacial score (nSPS) is 14.7. The Morgan fingerprint density at radius 3 is 2.33 bits per heavy atom. The number of amides is 1. The maximum Gasteiger partial charge on any atom is 0.241 e. The van der Waals surface area contributed by atoms with Gasteiger partial charge < -0.3 is 5.32 Å². The molecule has 0 fully saturated rings. The van der Waals surface area contributed by atoms with Gasteiger partial charge in [0.1, 0.15) is 5.54 Å². The summed E-state index contributed by atoms with van der Waals surface area (Å²) < 4.78 is 1.84. The lowest BCUT2D eigenvalue weighted by atomic mass is 9.91. The Balaban J connectivity index is 1.53. The SMILES string of the molecule is Cc1c(CNC(=O)C2(N(C)CCc3ccccc3)Cc3ccccc3C2)cnn1C. The minimum Gasteiger partial charge on any atom is -0.350 e. The smallest absolute Gasteiger partial charge is 0.241 e. The van der Waals surface area contributed by atoms with E-state index in [-0.39, 0.29) is 5.91 Å². The van der Waals surface area contributed by atoms with Gasteiger partial charge in [-0.15, -0.1) is 0 Å². The lowest BCUT2D eigenvalue weighted by molar-refractivity contribution is -0.132. The zero-order valence-electron chi connectivity index (χ0n) is 18.1. The Morgan fingerprint density at radius 1 is 1.10 bits per heavy atom. The highest BCUT2D eigenvalue weighted by molar-refractivity contribution is 5.88. The molecule has 1 aromatic heterocycles. The zero-order chi connectivity index (χ0) is 21.1. The van der Waals surface area contributed by atoms with E-state index >= 15 is 0 Å². The van der Waals surface area contributed by atoms with Crippen molar-refractivity contribution < 1.29 is 4.79 Å². The molecule has 1 aliphatic rings. The molecular weight excluding hydrogens is 372 g/mol. The Hall–Kier alpha value is -2.92. The molecule has 156 valence electrons. The van der Waals surface area contributed by atoms with E-state index in [9.17, 15) is 4.79 Å². The van der Waals surface area contributed by atoms with Crippen molar-refractivity contribution in [3.8, 4) is 0 Å². The molecule has 0 spiro atoms. The topological polar surface area (TPSA) is 50.2 Å². The Kier molecular flexibility index (Phi) is 5.73. The number of aryl methyl sites for hydroxylation is 1. The summed E-state index contributed by atoms with van der Waals surface area (Å²) in [5, 5.41) is 7.51. The summed E-state index contributed by atoms with van der Waals surface area (Å²) in [7, 11) is 4.01. The van der Waals surface area contributed by atoms with Crippen molar-refractivity contribution in [1.82, 2.24) is 20.0 Å². The second kappa shape index (κ2) is 8.44. The van der Waals surface area contributed by atoms with Gasteiger partial charge in [-0.3, -0.25) is 14.4 Å². The van der Waals surface area contributed by atoms with Crippen molar-refractivity contribution >= 4 is 5.91 Å². The summed E-state index contributed by atoms with van der Waals surface area (Å²) in [6.45, 7) is 3.36. The van der Waals surface area contributed by atoms with Crippen LogP contribution in [0.5, 0.6) is 0 Å². The molecule has 0 radical (unpaired) electrons. The van der Waals surface area contributed by atoms with E-state index in [1.165, 1.54) is 16.7 Å². The van der Waals surface area contributed by atoms with Crippen LogP contribution >= 0.6 is 0 Å². The molecule has 0 bridgehead atoms. The molecule has 0 aliphatic heterocycles. The number of hydrogen-bond donors (Lipinski definition) is 1. The second-order valence-corrected chi connectivity index (χ2v) is 8.37. The van der Waals surface area contributed by atoms with Crippen molar-refractivity contribution in [2.75, 3.05) is 13.6 Å². The highest BCUT2D eigenvalue weighted by Crippen LogP contribution is 2.34. The van der Waals surface area contributed by atoms with Gasteiger partial charge in [-0.1, -0.05) is 54.6 Å². The molecule has 0 saturated heterocycles. The van der Waals surface area contributed by atoms with Crippen molar-refractivity contribution in [1.29, 1.82) is 0 Å². The van der Waals surface area contributed by atoms with Gasteiger partial charge in [0.2, 0.25) is 5.91 Å². The first-order chi connectivity index (χ1) is 14.5. The molecule has 0 saturated carbocycles. The van der Waals surface area contributed by atoms with Crippen LogP contribution in [0.3, 0.4) is 0 Å². The van der Waals surface area contributed by atoms with Crippen molar-refractivity contribution in [3.05, 3.63) is 88.7 Å². The molecule has 1 heterocycles. The fourth-order valence-corrected chi connectivity index (χ4v) is 4.41. The molecule has 0 atom stereocenters. The average molecular weight is 403 g/mol. The first-order valence-corrected chi connectivity index (χ1v) is 10.6. The van der Waals surface area contributed by atoms with Crippen LogP contribution in [0.2, 0.25) is 0 Å². The van der Waals surface area contributed by atoms with E-state index in [2.05, 4.69) is 70.9 Å². The van der Waals surface area contributed by atoms with E-state index in [1.54, 1.807) is 0 Å². The molecule has 4 rings (SSSR count). The van der Waals surface area contributed by atoms with Gasteiger partial charge in [0.25, 0.3) is 0 Å². The standard InChI is InChI=1S/C25H30N4O/c1-19-23(18-27-29(19)3)17-26-24(30)25(15-21-11-7-8-12-22(21)16-25)28(2)14-13-20-9-5-4-6-10-20/h4-12,18H,13-17H2,1-3H3,(H,26,30). The third-order valence-corrected chi connectivity index (χ3v) is 6.59. The minimum atomic E-state index is -0.561. The van der Waals surface area contributed by atoms with Crippen LogP contribution in [0.1, 0.15) is 27.9 Å². The molecular formula is C25H30N4O. The number of nitrogens with zero attached hydrogens (tertiary/aromatic N) is 3. The molecule has 1 N–H and O–H groups in total. The summed E-state index contributed by atoms with van der Waals surface area (Å²) in [6, 6.07) is 18.9. The van der Waals surface area contributed by atoms with Crippen molar-refractivity contribution in [2.45, 2.75) is 38.3 Å². The second-order valence-electron chi connectivity index (χ2n) is 8.37. The van der Waals surface area contributed by atoms with E-state index in [4.69, 9.17) is 0 Å². The number of rotatable bonds is 7. The fraction of sp³-hybridized carbons (Fsp3) is 0.360.